The van der Waals surface area contributed by atoms with Gasteiger partial charge < -0.3 is 4.74 Å². The zero-order valence-corrected chi connectivity index (χ0v) is 9.86. The third kappa shape index (κ3) is 5.16. The van der Waals surface area contributed by atoms with Crippen molar-refractivity contribution in [3.8, 4) is 0 Å². The largest absolute Gasteiger partial charge is 0.383 e. The summed E-state index contributed by atoms with van der Waals surface area (Å²) in [5, 5.41) is 4.15. The third-order valence-corrected chi connectivity index (χ3v) is 2.39. The van der Waals surface area contributed by atoms with Crippen LogP contribution in [0.4, 0.5) is 0 Å². The van der Waals surface area contributed by atoms with Gasteiger partial charge in [-0.1, -0.05) is 0 Å². The first kappa shape index (κ1) is 12.5. The number of halogens is 1. The standard InChI is InChI=1S/C10H18ClN3O/c1-15-10-9-13(6-3-11)7-8-14-5-2-4-12-14/h2,4-5H,3,6-10H2,1H3. The average Bonchev–Trinajstić information content (AvgIpc) is 2.75. The predicted octanol–water partition coefficient (Wildman–Crippen LogP) is 1.07. The Balaban J connectivity index is 2.24. The van der Waals surface area contributed by atoms with Crippen LogP contribution in [0.25, 0.3) is 0 Å². The number of aromatic nitrogens is 2. The minimum absolute atomic E-state index is 0.656. The minimum atomic E-state index is 0.656. The zero-order valence-electron chi connectivity index (χ0n) is 9.10. The van der Waals surface area contributed by atoms with Crippen LogP contribution in [-0.4, -0.2) is 53.9 Å². The molecule has 1 aromatic rings. The van der Waals surface area contributed by atoms with Crippen LogP contribution in [0.1, 0.15) is 0 Å². The number of methoxy groups -OCH3 is 1. The van der Waals surface area contributed by atoms with Gasteiger partial charge in [0.25, 0.3) is 0 Å². The second-order valence-electron chi connectivity index (χ2n) is 3.29. The highest BCUT2D eigenvalue weighted by molar-refractivity contribution is 6.18. The van der Waals surface area contributed by atoms with E-state index in [0.717, 1.165) is 32.8 Å². The van der Waals surface area contributed by atoms with E-state index < -0.39 is 0 Å². The molecule has 1 aromatic heterocycles. The molecule has 0 amide bonds. The van der Waals surface area contributed by atoms with E-state index in [4.69, 9.17) is 16.3 Å². The lowest BCUT2D eigenvalue weighted by Gasteiger charge is -2.20. The van der Waals surface area contributed by atoms with Crippen molar-refractivity contribution < 1.29 is 4.74 Å². The van der Waals surface area contributed by atoms with Crippen LogP contribution < -0.4 is 0 Å². The van der Waals surface area contributed by atoms with Crippen LogP contribution in [0.5, 0.6) is 0 Å². The van der Waals surface area contributed by atoms with Gasteiger partial charge in [0.15, 0.2) is 0 Å². The summed E-state index contributed by atoms with van der Waals surface area (Å²) in [5.41, 5.74) is 0. The fourth-order valence-corrected chi connectivity index (χ4v) is 1.59. The first-order valence-corrected chi connectivity index (χ1v) is 5.65. The lowest BCUT2D eigenvalue weighted by Crippen LogP contribution is -2.32. The molecule has 0 aromatic carbocycles. The molecule has 86 valence electrons. The van der Waals surface area contributed by atoms with E-state index in [1.54, 1.807) is 13.3 Å². The highest BCUT2D eigenvalue weighted by Gasteiger charge is 2.03. The van der Waals surface area contributed by atoms with Crippen LogP contribution in [0.15, 0.2) is 18.5 Å². The highest BCUT2D eigenvalue weighted by atomic mass is 35.5. The number of ether oxygens (including phenoxy) is 1. The van der Waals surface area contributed by atoms with Gasteiger partial charge >= 0.3 is 0 Å². The van der Waals surface area contributed by atoms with Gasteiger partial charge in [0.1, 0.15) is 0 Å². The van der Waals surface area contributed by atoms with Gasteiger partial charge in [-0.05, 0) is 6.07 Å². The summed E-state index contributed by atoms with van der Waals surface area (Å²) in [6, 6.07) is 1.93. The number of nitrogens with zero attached hydrogens (tertiary/aromatic N) is 3. The second kappa shape index (κ2) is 7.68. The van der Waals surface area contributed by atoms with Gasteiger partial charge in [-0.2, -0.15) is 5.10 Å². The Kier molecular flexibility index (Phi) is 6.39. The molecule has 1 heterocycles. The predicted molar refractivity (Wildman–Crippen MR) is 61.3 cm³/mol. The van der Waals surface area contributed by atoms with Crippen molar-refractivity contribution in [2.24, 2.45) is 0 Å². The van der Waals surface area contributed by atoms with E-state index in [0.29, 0.717) is 5.88 Å². The number of rotatable bonds is 8. The monoisotopic (exact) mass is 231 g/mol. The topological polar surface area (TPSA) is 30.3 Å². The lowest BCUT2D eigenvalue weighted by molar-refractivity contribution is 0.148. The average molecular weight is 232 g/mol. The van der Waals surface area contributed by atoms with Crippen molar-refractivity contribution in [3.05, 3.63) is 18.5 Å². The summed E-state index contributed by atoms with van der Waals surface area (Å²) >= 11 is 5.73. The molecule has 5 heteroatoms. The number of alkyl halides is 1. The highest BCUT2D eigenvalue weighted by Crippen LogP contribution is 1.93. The maximum absolute atomic E-state index is 5.73. The van der Waals surface area contributed by atoms with Crippen LogP contribution >= 0.6 is 11.6 Å². The summed E-state index contributed by atoms with van der Waals surface area (Å²) in [6.45, 7) is 4.41. The normalized spacial score (nSPS) is 11.1. The van der Waals surface area contributed by atoms with E-state index >= 15 is 0 Å². The fourth-order valence-electron chi connectivity index (χ4n) is 1.35. The molecule has 0 aliphatic heterocycles. The van der Waals surface area contributed by atoms with Crippen molar-refractivity contribution >= 4 is 11.6 Å². The Morgan fingerprint density at radius 3 is 2.87 bits per heavy atom. The summed E-state index contributed by atoms with van der Waals surface area (Å²) < 4.78 is 6.97. The number of hydrogen-bond donors (Lipinski definition) is 0. The van der Waals surface area contributed by atoms with E-state index in [2.05, 4.69) is 10.00 Å². The van der Waals surface area contributed by atoms with E-state index in [1.807, 2.05) is 16.9 Å². The fraction of sp³-hybridized carbons (Fsp3) is 0.700. The number of hydrogen-bond acceptors (Lipinski definition) is 3. The zero-order chi connectivity index (χ0) is 10.9. The van der Waals surface area contributed by atoms with E-state index in [-0.39, 0.29) is 0 Å². The van der Waals surface area contributed by atoms with Gasteiger partial charge in [-0.15, -0.1) is 11.6 Å². The molecule has 0 aliphatic carbocycles. The molecule has 0 saturated carbocycles. The molecular formula is C10H18ClN3O. The Morgan fingerprint density at radius 2 is 2.27 bits per heavy atom. The van der Waals surface area contributed by atoms with E-state index in [1.165, 1.54) is 0 Å². The quantitative estimate of drug-likeness (QED) is 0.627. The molecule has 0 atom stereocenters. The molecular weight excluding hydrogens is 214 g/mol. The van der Waals surface area contributed by atoms with Crippen molar-refractivity contribution in [2.75, 3.05) is 39.2 Å². The molecule has 15 heavy (non-hydrogen) atoms. The van der Waals surface area contributed by atoms with Crippen molar-refractivity contribution in [1.29, 1.82) is 0 Å². The van der Waals surface area contributed by atoms with Crippen molar-refractivity contribution in [1.82, 2.24) is 14.7 Å². The van der Waals surface area contributed by atoms with Gasteiger partial charge in [0, 0.05) is 45.0 Å². The smallest absolute Gasteiger partial charge is 0.0589 e. The minimum Gasteiger partial charge on any atom is -0.383 e. The van der Waals surface area contributed by atoms with Crippen molar-refractivity contribution in [3.63, 3.8) is 0 Å². The summed E-state index contributed by atoms with van der Waals surface area (Å²) in [4.78, 5) is 2.28. The Bertz CT molecular complexity index is 241. The molecule has 0 radical (unpaired) electrons. The van der Waals surface area contributed by atoms with Gasteiger partial charge in [0.05, 0.1) is 13.2 Å². The maximum atomic E-state index is 5.73. The van der Waals surface area contributed by atoms with Crippen LogP contribution in [0.2, 0.25) is 0 Å². The van der Waals surface area contributed by atoms with Crippen LogP contribution in [0.3, 0.4) is 0 Å². The molecule has 0 saturated heterocycles. The summed E-state index contributed by atoms with van der Waals surface area (Å²) in [5.74, 6) is 0.656. The molecule has 4 nitrogen and oxygen atoms in total. The van der Waals surface area contributed by atoms with Crippen LogP contribution in [-0.2, 0) is 11.3 Å². The SMILES string of the molecule is COCCN(CCCl)CCn1cccn1. The van der Waals surface area contributed by atoms with Gasteiger partial charge in [-0.25, -0.2) is 0 Å². The summed E-state index contributed by atoms with van der Waals surface area (Å²) in [7, 11) is 1.71. The van der Waals surface area contributed by atoms with Gasteiger partial charge in [-0.3, -0.25) is 9.58 Å². The molecule has 0 unspecified atom stereocenters. The van der Waals surface area contributed by atoms with Crippen molar-refractivity contribution in [2.45, 2.75) is 6.54 Å². The Labute approximate surface area is 95.8 Å². The van der Waals surface area contributed by atoms with E-state index in [9.17, 15) is 0 Å². The first-order valence-electron chi connectivity index (χ1n) is 5.11. The Morgan fingerprint density at radius 1 is 1.40 bits per heavy atom. The molecule has 0 aliphatic rings. The molecule has 0 N–H and O–H groups in total. The Hall–Kier alpha value is -0.580. The maximum Gasteiger partial charge on any atom is 0.0589 e. The third-order valence-electron chi connectivity index (χ3n) is 2.22. The summed E-state index contributed by atoms with van der Waals surface area (Å²) in [6.07, 6.45) is 3.76. The van der Waals surface area contributed by atoms with Crippen LogP contribution in [0, 0.1) is 0 Å². The van der Waals surface area contributed by atoms with Gasteiger partial charge in [0.2, 0.25) is 0 Å². The molecule has 0 fully saturated rings. The molecule has 1 rings (SSSR count). The molecule has 0 spiro atoms. The molecule has 0 bridgehead atoms. The second-order valence-corrected chi connectivity index (χ2v) is 3.67. The first-order chi connectivity index (χ1) is 7.36. The lowest BCUT2D eigenvalue weighted by atomic mass is 10.4.